The van der Waals surface area contributed by atoms with Gasteiger partial charge in [-0.3, -0.25) is 10.1 Å². The summed E-state index contributed by atoms with van der Waals surface area (Å²) in [6, 6.07) is -0.364. The topological polar surface area (TPSA) is 77.2 Å². The molecule has 1 heterocycles. The summed E-state index contributed by atoms with van der Waals surface area (Å²) >= 11 is 0. The second-order valence-corrected chi connectivity index (χ2v) is 4.48. The maximum absolute atomic E-state index is 11.5. The van der Waals surface area contributed by atoms with Gasteiger partial charge in [0.2, 0.25) is 5.89 Å². The molecule has 0 amide bonds. The van der Waals surface area contributed by atoms with Crippen molar-refractivity contribution >= 4 is 5.97 Å². The van der Waals surface area contributed by atoms with Gasteiger partial charge in [0.15, 0.2) is 5.82 Å². The fourth-order valence-corrected chi connectivity index (χ4v) is 1.60. The number of carbonyl (C=O) groups excluding carboxylic acids is 1. The maximum atomic E-state index is 11.5. The van der Waals surface area contributed by atoms with Crippen molar-refractivity contribution < 1.29 is 14.1 Å². The van der Waals surface area contributed by atoms with Gasteiger partial charge in [-0.1, -0.05) is 25.9 Å². The van der Waals surface area contributed by atoms with Crippen LogP contribution in [-0.2, 0) is 22.5 Å². The van der Waals surface area contributed by atoms with Gasteiger partial charge in [-0.05, 0) is 12.3 Å². The fraction of sp³-hybridized carbons (Fsp3) is 0.750. The summed E-state index contributed by atoms with van der Waals surface area (Å²) in [5, 5.41) is 6.92. The van der Waals surface area contributed by atoms with E-state index in [9.17, 15) is 4.79 Å². The van der Waals surface area contributed by atoms with Crippen LogP contribution >= 0.6 is 0 Å². The quantitative estimate of drug-likeness (QED) is 0.740. The Morgan fingerprint density at radius 2 is 2.22 bits per heavy atom. The van der Waals surface area contributed by atoms with Crippen LogP contribution in [0.25, 0.3) is 0 Å². The molecule has 0 saturated heterocycles. The molecule has 0 spiro atoms. The van der Waals surface area contributed by atoms with Crippen LogP contribution in [0.3, 0.4) is 0 Å². The molecule has 1 aromatic heterocycles. The maximum Gasteiger partial charge on any atom is 0.323 e. The standard InChI is InChI=1S/C12H21N3O3/c1-5-6-9-14-10(18-15-9)7-13-11(8(2)3)12(16)17-4/h8,11,13H,5-7H2,1-4H3. The Labute approximate surface area is 107 Å². The summed E-state index contributed by atoms with van der Waals surface area (Å²) in [6.07, 6.45) is 1.78. The number of nitrogens with zero attached hydrogens (tertiary/aromatic N) is 2. The number of ether oxygens (including phenoxy) is 1. The predicted molar refractivity (Wildman–Crippen MR) is 65.8 cm³/mol. The highest BCUT2D eigenvalue weighted by atomic mass is 16.5. The number of esters is 1. The first-order chi connectivity index (χ1) is 8.58. The van der Waals surface area contributed by atoms with Gasteiger partial charge in [-0.2, -0.15) is 4.98 Å². The number of aromatic nitrogens is 2. The molecule has 1 rings (SSSR count). The molecule has 0 fully saturated rings. The highest BCUT2D eigenvalue weighted by Crippen LogP contribution is 2.06. The van der Waals surface area contributed by atoms with E-state index in [1.807, 2.05) is 13.8 Å². The molecular weight excluding hydrogens is 234 g/mol. The van der Waals surface area contributed by atoms with Crippen molar-refractivity contribution in [2.45, 2.75) is 46.2 Å². The van der Waals surface area contributed by atoms with E-state index in [-0.39, 0.29) is 17.9 Å². The van der Waals surface area contributed by atoms with Crippen molar-refractivity contribution in [3.05, 3.63) is 11.7 Å². The van der Waals surface area contributed by atoms with Crippen molar-refractivity contribution in [3.63, 3.8) is 0 Å². The monoisotopic (exact) mass is 255 g/mol. The van der Waals surface area contributed by atoms with Gasteiger partial charge in [-0.25, -0.2) is 0 Å². The van der Waals surface area contributed by atoms with Gasteiger partial charge < -0.3 is 9.26 Å². The molecule has 6 heteroatoms. The smallest absolute Gasteiger partial charge is 0.323 e. The number of hydrogen-bond donors (Lipinski definition) is 1. The number of rotatable bonds is 7. The van der Waals surface area contributed by atoms with Gasteiger partial charge in [0.05, 0.1) is 13.7 Å². The molecule has 1 atom stereocenters. The lowest BCUT2D eigenvalue weighted by atomic mass is 10.1. The van der Waals surface area contributed by atoms with Crippen molar-refractivity contribution in [2.24, 2.45) is 5.92 Å². The lowest BCUT2D eigenvalue weighted by Gasteiger charge is -2.18. The highest BCUT2D eigenvalue weighted by Gasteiger charge is 2.23. The Hall–Kier alpha value is -1.43. The summed E-state index contributed by atoms with van der Waals surface area (Å²) < 4.78 is 9.82. The van der Waals surface area contributed by atoms with E-state index in [0.29, 0.717) is 18.3 Å². The molecule has 1 unspecified atom stereocenters. The average Bonchev–Trinajstić information content (AvgIpc) is 2.77. The summed E-state index contributed by atoms with van der Waals surface area (Å²) in [5.74, 6) is 1.05. The Kier molecular flexibility index (Phi) is 5.77. The zero-order valence-electron chi connectivity index (χ0n) is 11.4. The molecule has 0 radical (unpaired) electrons. The third-order valence-corrected chi connectivity index (χ3v) is 2.58. The molecule has 0 aliphatic carbocycles. The highest BCUT2D eigenvalue weighted by molar-refractivity contribution is 5.75. The van der Waals surface area contributed by atoms with Crippen LogP contribution in [0.15, 0.2) is 4.52 Å². The largest absolute Gasteiger partial charge is 0.468 e. The SMILES string of the molecule is CCCc1noc(CNC(C(=O)OC)C(C)C)n1. The van der Waals surface area contributed by atoms with E-state index in [2.05, 4.69) is 22.4 Å². The third-order valence-electron chi connectivity index (χ3n) is 2.58. The molecule has 1 aromatic rings. The molecule has 18 heavy (non-hydrogen) atoms. The van der Waals surface area contributed by atoms with Crippen LogP contribution in [0.5, 0.6) is 0 Å². The van der Waals surface area contributed by atoms with Crippen LogP contribution in [-0.4, -0.2) is 29.3 Å². The van der Waals surface area contributed by atoms with Gasteiger partial charge >= 0.3 is 5.97 Å². The van der Waals surface area contributed by atoms with Crippen molar-refractivity contribution in [1.29, 1.82) is 0 Å². The molecule has 102 valence electrons. The van der Waals surface area contributed by atoms with Crippen LogP contribution in [0.1, 0.15) is 38.9 Å². The first-order valence-electron chi connectivity index (χ1n) is 6.21. The van der Waals surface area contributed by atoms with Crippen molar-refractivity contribution in [1.82, 2.24) is 15.5 Å². The zero-order chi connectivity index (χ0) is 13.5. The molecule has 6 nitrogen and oxygen atoms in total. The second kappa shape index (κ2) is 7.10. The van der Waals surface area contributed by atoms with E-state index in [4.69, 9.17) is 9.26 Å². The summed E-state index contributed by atoms with van der Waals surface area (Å²) in [4.78, 5) is 15.8. The summed E-state index contributed by atoms with van der Waals surface area (Å²) in [5.41, 5.74) is 0. The summed E-state index contributed by atoms with van der Waals surface area (Å²) in [6.45, 7) is 6.32. The molecule has 0 aliphatic heterocycles. The van der Waals surface area contributed by atoms with E-state index < -0.39 is 0 Å². The molecule has 1 N–H and O–H groups in total. The molecule has 0 bridgehead atoms. The molecule has 0 aliphatic rings. The number of carbonyl (C=O) groups is 1. The Morgan fingerprint density at radius 3 is 2.78 bits per heavy atom. The van der Waals surface area contributed by atoms with E-state index >= 15 is 0 Å². The van der Waals surface area contributed by atoms with Gasteiger partial charge in [0.1, 0.15) is 6.04 Å². The normalized spacial score (nSPS) is 12.7. The van der Waals surface area contributed by atoms with Crippen molar-refractivity contribution in [2.75, 3.05) is 7.11 Å². The minimum Gasteiger partial charge on any atom is -0.468 e. The molecular formula is C12H21N3O3. The van der Waals surface area contributed by atoms with Crippen LogP contribution < -0.4 is 5.32 Å². The average molecular weight is 255 g/mol. The zero-order valence-corrected chi connectivity index (χ0v) is 11.4. The lowest BCUT2D eigenvalue weighted by Crippen LogP contribution is -2.41. The van der Waals surface area contributed by atoms with E-state index in [0.717, 1.165) is 12.8 Å². The summed E-state index contributed by atoms with van der Waals surface area (Å²) in [7, 11) is 1.38. The number of hydrogen-bond acceptors (Lipinski definition) is 6. The number of methoxy groups -OCH3 is 1. The number of aryl methyl sites for hydroxylation is 1. The molecule has 0 aromatic carbocycles. The van der Waals surface area contributed by atoms with Gasteiger partial charge in [-0.15, -0.1) is 0 Å². The first kappa shape index (κ1) is 14.6. The Bertz CT molecular complexity index is 376. The Morgan fingerprint density at radius 1 is 1.50 bits per heavy atom. The second-order valence-electron chi connectivity index (χ2n) is 4.48. The molecule has 0 saturated carbocycles. The third kappa shape index (κ3) is 4.10. The van der Waals surface area contributed by atoms with Gasteiger partial charge in [0, 0.05) is 6.42 Å². The lowest BCUT2D eigenvalue weighted by molar-refractivity contribution is -0.144. The van der Waals surface area contributed by atoms with Crippen LogP contribution in [0, 0.1) is 5.92 Å². The van der Waals surface area contributed by atoms with Gasteiger partial charge in [0.25, 0.3) is 0 Å². The van der Waals surface area contributed by atoms with E-state index in [1.54, 1.807) is 0 Å². The number of nitrogens with one attached hydrogen (secondary N) is 1. The predicted octanol–water partition coefficient (Wildman–Crippen LogP) is 1.31. The van der Waals surface area contributed by atoms with Crippen molar-refractivity contribution in [3.8, 4) is 0 Å². The fourth-order valence-electron chi connectivity index (χ4n) is 1.60. The Balaban J connectivity index is 2.53. The first-order valence-corrected chi connectivity index (χ1v) is 6.21. The minimum absolute atomic E-state index is 0.135. The van der Waals surface area contributed by atoms with E-state index in [1.165, 1.54) is 7.11 Å². The van der Waals surface area contributed by atoms with Crippen LogP contribution in [0.2, 0.25) is 0 Å². The minimum atomic E-state index is -0.364. The van der Waals surface area contributed by atoms with Crippen LogP contribution in [0.4, 0.5) is 0 Å².